The Bertz CT molecular complexity index is 710. The normalized spacial score (nSPS) is 10.7. The lowest BCUT2D eigenvalue weighted by atomic mass is 10.2. The predicted molar refractivity (Wildman–Crippen MR) is 101 cm³/mol. The predicted octanol–water partition coefficient (Wildman–Crippen LogP) is 3.97. The highest BCUT2D eigenvalue weighted by molar-refractivity contribution is 7.80. The van der Waals surface area contributed by atoms with Crippen LogP contribution in [0.1, 0.15) is 31.9 Å². The van der Waals surface area contributed by atoms with Crippen LogP contribution >= 0.6 is 12.2 Å². The molecule has 0 fully saturated rings. The van der Waals surface area contributed by atoms with E-state index in [-0.39, 0.29) is 0 Å². The lowest BCUT2D eigenvalue weighted by Gasteiger charge is -2.20. The fourth-order valence-corrected chi connectivity index (χ4v) is 2.11. The van der Waals surface area contributed by atoms with E-state index in [9.17, 15) is 4.79 Å². The van der Waals surface area contributed by atoms with Crippen molar-refractivity contribution in [1.29, 1.82) is 0 Å². The Morgan fingerprint density at radius 3 is 2.24 bits per heavy atom. The van der Waals surface area contributed by atoms with Gasteiger partial charge in [0.2, 0.25) is 0 Å². The zero-order valence-electron chi connectivity index (χ0n) is 14.5. The van der Waals surface area contributed by atoms with Crippen molar-refractivity contribution in [2.75, 3.05) is 0 Å². The molecule has 2 rings (SSSR count). The number of benzene rings is 2. The topological polar surface area (TPSA) is 59.6 Å². The van der Waals surface area contributed by atoms with Crippen LogP contribution in [0, 0.1) is 0 Å². The average Bonchev–Trinajstić information content (AvgIpc) is 2.58. The van der Waals surface area contributed by atoms with Crippen LogP contribution in [0.15, 0.2) is 54.6 Å². The number of hydrazine groups is 1. The zero-order valence-corrected chi connectivity index (χ0v) is 15.4. The molecule has 2 aromatic carbocycles. The van der Waals surface area contributed by atoms with Crippen LogP contribution in [0.5, 0.6) is 5.75 Å². The Kier molecular flexibility index (Phi) is 6.36. The largest absolute Gasteiger partial charge is 0.489 e. The van der Waals surface area contributed by atoms with Gasteiger partial charge in [0.15, 0.2) is 0 Å². The number of thiocarbonyl (C=S) groups is 1. The van der Waals surface area contributed by atoms with E-state index in [1.165, 1.54) is 0 Å². The molecule has 0 aliphatic heterocycles. The van der Waals surface area contributed by atoms with Crippen molar-refractivity contribution in [2.24, 2.45) is 0 Å². The van der Waals surface area contributed by atoms with Gasteiger partial charge in [-0.15, -0.1) is 0 Å². The molecule has 0 bridgehead atoms. The number of rotatable bonds is 4. The molecule has 2 aromatic rings. The lowest BCUT2D eigenvalue weighted by molar-refractivity contribution is 0.0513. The van der Waals surface area contributed by atoms with Gasteiger partial charge >= 0.3 is 6.09 Å². The van der Waals surface area contributed by atoms with Gasteiger partial charge in [0, 0.05) is 5.56 Å². The van der Waals surface area contributed by atoms with Crippen LogP contribution in [-0.2, 0) is 11.3 Å². The maximum atomic E-state index is 11.6. The summed E-state index contributed by atoms with van der Waals surface area (Å²) in [7, 11) is 0. The third-order valence-corrected chi connectivity index (χ3v) is 3.38. The van der Waals surface area contributed by atoms with Crippen molar-refractivity contribution in [3.05, 3.63) is 65.7 Å². The first-order chi connectivity index (χ1) is 11.8. The maximum absolute atomic E-state index is 11.6. The molecule has 0 heterocycles. The zero-order chi connectivity index (χ0) is 18.3. The van der Waals surface area contributed by atoms with Gasteiger partial charge in [-0.2, -0.15) is 0 Å². The van der Waals surface area contributed by atoms with Crippen molar-refractivity contribution in [2.45, 2.75) is 33.0 Å². The first-order valence-electron chi connectivity index (χ1n) is 7.89. The third kappa shape index (κ3) is 6.81. The minimum Gasteiger partial charge on any atom is -0.489 e. The van der Waals surface area contributed by atoms with Crippen molar-refractivity contribution in [3.63, 3.8) is 0 Å². The molecule has 25 heavy (non-hydrogen) atoms. The molecular weight excluding hydrogens is 336 g/mol. The maximum Gasteiger partial charge on any atom is 0.426 e. The number of hydrogen-bond acceptors (Lipinski definition) is 4. The van der Waals surface area contributed by atoms with Crippen LogP contribution < -0.4 is 15.6 Å². The number of ether oxygens (including phenoxy) is 2. The van der Waals surface area contributed by atoms with Crippen molar-refractivity contribution in [1.82, 2.24) is 10.9 Å². The SMILES string of the molecule is CC(C)(C)OC(=O)NNC(=S)c1ccc(OCc2ccccc2)cc1. The van der Waals surface area contributed by atoms with Gasteiger partial charge in [0.1, 0.15) is 22.9 Å². The molecule has 1 amide bonds. The summed E-state index contributed by atoms with van der Waals surface area (Å²) in [5.41, 5.74) is 6.38. The van der Waals surface area contributed by atoms with Gasteiger partial charge in [0.05, 0.1) is 0 Å². The highest BCUT2D eigenvalue weighted by Crippen LogP contribution is 2.14. The summed E-state index contributed by atoms with van der Waals surface area (Å²) in [6.45, 7) is 5.88. The van der Waals surface area contributed by atoms with Crippen molar-refractivity contribution >= 4 is 23.3 Å². The van der Waals surface area contributed by atoms with Crippen LogP contribution in [0.25, 0.3) is 0 Å². The summed E-state index contributed by atoms with van der Waals surface area (Å²) in [5.74, 6) is 0.746. The first kappa shape index (κ1) is 18.7. The minimum atomic E-state index is -0.585. The number of amides is 1. The highest BCUT2D eigenvalue weighted by atomic mass is 32.1. The Morgan fingerprint density at radius 2 is 1.64 bits per heavy atom. The van der Waals surface area contributed by atoms with Gasteiger partial charge in [-0.3, -0.25) is 5.43 Å². The second-order valence-electron chi connectivity index (χ2n) is 6.38. The Labute approximate surface area is 153 Å². The minimum absolute atomic E-state index is 0.389. The van der Waals surface area contributed by atoms with E-state index < -0.39 is 11.7 Å². The molecule has 0 spiro atoms. The van der Waals surface area contributed by atoms with E-state index in [2.05, 4.69) is 10.9 Å². The van der Waals surface area contributed by atoms with Crippen LogP contribution in [0.3, 0.4) is 0 Å². The average molecular weight is 358 g/mol. The lowest BCUT2D eigenvalue weighted by Crippen LogP contribution is -2.43. The summed E-state index contributed by atoms with van der Waals surface area (Å²) in [4.78, 5) is 12.0. The quantitative estimate of drug-likeness (QED) is 0.640. The number of carbonyl (C=O) groups is 1. The molecule has 0 radical (unpaired) electrons. The van der Waals surface area contributed by atoms with Crippen LogP contribution in [0.2, 0.25) is 0 Å². The molecule has 6 heteroatoms. The van der Waals surface area contributed by atoms with E-state index >= 15 is 0 Å². The van der Waals surface area contributed by atoms with E-state index in [4.69, 9.17) is 21.7 Å². The molecule has 132 valence electrons. The molecule has 0 saturated carbocycles. The Morgan fingerprint density at radius 1 is 1.00 bits per heavy atom. The van der Waals surface area contributed by atoms with Gasteiger partial charge in [-0.1, -0.05) is 42.5 Å². The molecule has 0 aromatic heterocycles. The molecule has 2 N–H and O–H groups in total. The standard InChI is InChI=1S/C19H22N2O3S/c1-19(2,3)24-18(22)21-20-17(25)15-9-11-16(12-10-15)23-13-14-7-5-4-6-8-14/h4-12H,13H2,1-3H3,(H,20,25)(H,21,22). The van der Waals surface area contributed by atoms with Gasteiger partial charge in [-0.05, 0) is 50.6 Å². The van der Waals surface area contributed by atoms with E-state index in [1.54, 1.807) is 20.8 Å². The molecule has 0 unspecified atom stereocenters. The summed E-state index contributed by atoms with van der Waals surface area (Å²) >= 11 is 5.24. The molecule has 5 nitrogen and oxygen atoms in total. The molecule has 0 aliphatic rings. The smallest absolute Gasteiger partial charge is 0.426 e. The summed E-state index contributed by atoms with van der Waals surface area (Å²) < 4.78 is 10.9. The summed E-state index contributed by atoms with van der Waals surface area (Å²) in [6, 6.07) is 17.3. The number of hydrogen-bond donors (Lipinski definition) is 2. The highest BCUT2D eigenvalue weighted by Gasteiger charge is 2.16. The molecule has 0 saturated heterocycles. The van der Waals surface area contributed by atoms with Crippen LogP contribution in [-0.4, -0.2) is 16.7 Å². The number of nitrogens with one attached hydrogen (secondary N) is 2. The summed E-state index contributed by atoms with van der Waals surface area (Å²) in [6.07, 6.45) is -0.585. The monoisotopic (exact) mass is 358 g/mol. The molecule has 0 aliphatic carbocycles. The molecule has 0 atom stereocenters. The molecular formula is C19H22N2O3S. The van der Waals surface area contributed by atoms with E-state index in [0.29, 0.717) is 11.6 Å². The van der Waals surface area contributed by atoms with Gasteiger partial charge < -0.3 is 9.47 Å². The van der Waals surface area contributed by atoms with Crippen LogP contribution in [0.4, 0.5) is 4.79 Å². The Hall–Kier alpha value is -2.60. The fourth-order valence-electron chi connectivity index (χ4n) is 1.93. The van der Waals surface area contributed by atoms with E-state index in [0.717, 1.165) is 16.9 Å². The number of carbonyl (C=O) groups excluding carboxylic acids is 1. The second-order valence-corrected chi connectivity index (χ2v) is 6.79. The third-order valence-electron chi connectivity index (χ3n) is 3.04. The van der Waals surface area contributed by atoms with Crippen molar-refractivity contribution < 1.29 is 14.3 Å². The van der Waals surface area contributed by atoms with Crippen molar-refractivity contribution in [3.8, 4) is 5.75 Å². The van der Waals surface area contributed by atoms with E-state index in [1.807, 2.05) is 54.6 Å². The van der Waals surface area contributed by atoms with Gasteiger partial charge in [0.25, 0.3) is 0 Å². The summed E-state index contributed by atoms with van der Waals surface area (Å²) in [5, 5.41) is 0. The fraction of sp³-hybridized carbons (Fsp3) is 0.263. The second kappa shape index (κ2) is 8.48. The first-order valence-corrected chi connectivity index (χ1v) is 8.30. The van der Waals surface area contributed by atoms with Gasteiger partial charge in [-0.25, -0.2) is 10.2 Å². The Balaban J connectivity index is 1.82.